The van der Waals surface area contributed by atoms with Crippen LogP contribution >= 0.6 is 0 Å². The summed E-state index contributed by atoms with van der Waals surface area (Å²) in [4.78, 5) is 11.4. The molecule has 1 aromatic carbocycles. The van der Waals surface area contributed by atoms with Crippen molar-refractivity contribution < 1.29 is 15.0 Å². The van der Waals surface area contributed by atoms with Crippen LogP contribution in [-0.2, 0) is 11.2 Å². The van der Waals surface area contributed by atoms with Crippen molar-refractivity contribution in [3.63, 3.8) is 0 Å². The first kappa shape index (κ1) is 23.4. The van der Waals surface area contributed by atoms with E-state index in [4.69, 9.17) is 0 Å². The van der Waals surface area contributed by atoms with Gasteiger partial charge >= 0.3 is 0 Å². The molecule has 159 valence electrons. The molecule has 2 rings (SSSR count). The summed E-state index contributed by atoms with van der Waals surface area (Å²) in [6.07, 6.45) is 14.8. The number of carbonyl (C=O) groups excluding carboxylic acids is 1. The summed E-state index contributed by atoms with van der Waals surface area (Å²) in [7, 11) is 0. The molecule has 1 aliphatic rings. The van der Waals surface area contributed by atoms with Crippen LogP contribution in [0.25, 0.3) is 0 Å². The Bertz CT molecular complexity index is 641. The molecule has 0 aliphatic heterocycles. The third-order valence-electron chi connectivity index (χ3n) is 5.55. The number of hydrogen-bond acceptors (Lipinski definition) is 3. The molecule has 4 nitrogen and oxygen atoms in total. The van der Waals surface area contributed by atoms with E-state index in [1.165, 1.54) is 5.56 Å². The minimum absolute atomic E-state index is 0.0158. The Morgan fingerprint density at radius 1 is 1.14 bits per heavy atom. The summed E-state index contributed by atoms with van der Waals surface area (Å²) in [5, 5.41) is 23.4. The van der Waals surface area contributed by atoms with E-state index in [0.717, 1.165) is 32.1 Å². The predicted molar refractivity (Wildman–Crippen MR) is 118 cm³/mol. The smallest absolute Gasteiger partial charge is 0.219 e. The summed E-state index contributed by atoms with van der Waals surface area (Å²) in [6.45, 7) is 2.60. The van der Waals surface area contributed by atoms with Gasteiger partial charge in [0, 0.05) is 25.3 Å². The second-order valence-corrected chi connectivity index (χ2v) is 7.81. The maximum Gasteiger partial charge on any atom is 0.219 e. The summed E-state index contributed by atoms with van der Waals surface area (Å²) >= 11 is 0. The number of aliphatic hydroxyl groups excluding tert-OH is 2. The lowest BCUT2D eigenvalue weighted by molar-refractivity contribution is -0.121. The highest BCUT2D eigenvalue weighted by atomic mass is 16.3. The van der Waals surface area contributed by atoms with Gasteiger partial charge in [-0.05, 0) is 56.9 Å². The number of benzene rings is 1. The van der Waals surface area contributed by atoms with Crippen LogP contribution in [0.1, 0.15) is 51.0 Å². The first-order valence-electron chi connectivity index (χ1n) is 10.9. The van der Waals surface area contributed by atoms with Crippen LogP contribution in [0.15, 0.2) is 54.6 Å². The zero-order valence-electron chi connectivity index (χ0n) is 17.5. The molecule has 1 amide bonds. The van der Waals surface area contributed by atoms with Gasteiger partial charge in [0.05, 0.1) is 12.2 Å². The maximum atomic E-state index is 11.4. The zero-order chi connectivity index (χ0) is 20.9. The second-order valence-electron chi connectivity index (χ2n) is 7.81. The van der Waals surface area contributed by atoms with E-state index < -0.39 is 12.2 Å². The molecule has 4 heteroatoms. The van der Waals surface area contributed by atoms with Gasteiger partial charge < -0.3 is 15.5 Å². The van der Waals surface area contributed by atoms with E-state index in [9.17, 15) is 15.0 Å². The standard InChI is InChI=1S/C25H36NO3/c1-2-26-25(29)18-12-4-3-10-16-21-22(24(28)19-23(21)27)17-11-6-9-15-20-13-7-5-8-14-20/h3,5-8,10-11,13-14,17,21-24,27-28H,2,4,9,12,15-16,18-19H2,1H3,(H,26,29)/b10-3-,17-11+/t21-,22-,23+,24-/m0/s1. The minimum atomic E-state index is -0.486. The summed E-state index contributed by atoms with van der Waals surface area (Å²) in [5.41, 5.74) is 1.32. The third-order valence-corrected chi connectivity index (χ3v) is 5.55. The predicted octanol–water partition coefficient (Wildman–Crippen LogP) is 3.99. The van der Waals surface area contributed by atoms with Gasteiger partial charge in [0.25, 0.3) is 0 Å². The molecule has 1 aliphatic carbocycles. The van der Waals surface area contributed by atoms with Gasteiger partial charge in [-0.2, -0.15) is 0 Å². The van der Waals surface area contributed by atoms with Crippen molar-refractivity contribution in [1.29, 1.82) is 0 Å². The van der Waals surface area contributed by atoms with Crippen molar-refractivity contribution in [2.24, 2.45) is 11.8 Å². The molecule has 0 heterocycles. The van der Waals surface area contributed by atoms with Crippen molar-refractivity contribution in [2.75, 3.05) is 6.54 Å². The monoisotopic (exact) mass is 398 g/mol. The molecular weight excluding hydrogens is 362 g/mol. The molecule has 1 aromatic rings. The van der Waals surface area contributed by atoms with Crippen molar-refractivity contribution in [1.82, 2.24) is 5.32 Å². The van der Waals surface area contributed by atoms with Gasteiger partial charge in [0.2, 0.25) is 5.91 Å². The van der Waals surface area contributed by atoms with E-state index in [1.54, 1.807) is 0 Å². The van der Waals surface area contributed by atoms with Crippen molar-refractivity contribution in [2.45, 2.75) is 64.1 Å². The molecule has 0 aromatic heterocycles. The van der Waals surface area contributed by atoms with Crippen LogP contribution in [0.4, 0.5) is 0 Å². The Morgan fingerprint density at radius 3 is 2.69 bits per heavy atom. The molecule has 3 N–H and O–H groups in total. The maximum absolute atomic E-state index is 11.4. The van der Waals surface area contributed by atoms with Gasteiger partial charge in [-0.25, -0.2) is 0 Å². The molecule has 29 heavy (non-hydrogen) atoms. The zero-order valence-corrected chi connectivity index (χ0v) is 17.5. The van der Waals surface area contributed by atoms with Gasteiger partial charge in [0.15, 0.2) is 0 Å². The molecule has 1 radical (unpaired) electrons. The average molecular weight is 399 g/mol. The Hall–Kier alpha value is -1.91. The number of aryl methyl sites for hydroxylation is 1. The fraction of sp³-hybridized carbons (Fsp3) is 0.520. The average Bonchev–Trinajstić information content (AvgIpc) is 2.98. The summed E-state index contributed by atoms with van der Waals surface area (Å²) in [5.74, 6) is 0.130. The molecule has 0 bridgehead atoms. The molecular formula is C25H36NO3. The number of hydrogen-bond donors (Lipinski definition) is 3. The Morgan fingerprint density at radius 2 is 1.93 bits per heavy atom. The number of unbranched alkanes of at least 4 members (excludes halogenated alkanes) is 2. The number of carbonyl (C=O) groups is 1. The van der Waals surface area contributed by atoms with Crippen molar-refractivity contribution in [3.8, 4) is 0 Å². The molecule has 1 saturated carbocycles. The van der Waals surface area contributed by atoms with Crippen LogP contribution in [0.2, 0.25) is 0 Å². The largest absolute Gasteiger partial charge is 0.393 e. The SMILES string of the molecule is CCNC(=O)CCC/C=C\C[C@H]1[C@H](/C=C/[CH]CCc2ccccc2)[C@@H](O)C[C@H]1O. The lowest BCUT2D eigenvalue weighted by Crippen LogP contribution is -2.21. The molecule has 0 spiro atoms. The van der Waals surface area contributed by atoms with Gasteiger partial charge in [0.1, 0.15) is 0 Å². The van der Waals surface area contributed by atoms with Gasteiger partial charge in [-0.3, -0.25) is 4.79 Å². The highest BCUT2D eigenvalue weighted by Gasteiger charge is 2.39. The Kier molecular flexibility index (Phi) is 10.7. The molecule has 0 saturated heterocycles. The van der Waals surface area contributed by atoms with Crippen LogP contribution in [0.5, 0.6) is 0 Å². The summed E-state index contributed by atoms with van der Waals surface area (Å²) < 4.78 is 0. The van der Waals surface area contributed by atoms with Crippen LogP contribution in [0.3, 0.4) is 0 Å². The number of nitrogens with one attached hydrogen (secondary N) is 1. The van der Waals surface area contributed by atoms with Gasteiger partial charge in [-0.1, -0.05) is 54.6 Å². The van der Waals surface area contributed by atoms with E-state index >= 15 is 0 Å². The van der Waals surface area contributed by atoms with Crippen LogP contribution in [0, 0.1) is 18.3 Å². The number of amides is 1. The first-order valence-corrected chi connectivity index (χ1v) is 10.9. The Labute approximate surface area is 175 Å². The highest BCUT2D eigenvalue weighted by molar-refractivity contribution is 5.75. The highest BCUT2D eigenvalue weighted by Crippen LogP contribution is 2.36. The summed E-state index contributed by atoms with van der Waals surface area (Å²) in [6, 6.07) is 10.4. The van der Waals surface area contributed by atoms with Crippen LogP contribution < -0.4 is 5.32 Å². The fourth-order valence-electron chi connectivity index (χ4n) is 3.94. The number of allylic oxidation sites excluding steroid dienone is 3. The topological polar surface area (TPSA) is 69.6 Å². The van der Waals surface area contributed by atoms with E-state index in [2.05, 4.69) is 54.2 Å². The minimum Gasteiger partial charge on any atom is -0.393 e. The third kappa shape index (κ3) is 8.55. The molecule has 0 unspecified atom stereocenters. The first-order chi connectivity index (χ1) is 14.1. The number of aliphatic hydroxyl groups is 2. The second kappa shape index (κ2) is 13.3. The van der Waals surface area contributed by atoms with Gasteiger partial charge in [-0.15, -0.1) is 0 Å². The lowest BCUT2D eigenvalue weighted by Gasteiger charge is -2.19. The Balaban J connectivity index is 1.71. The van der Waals surface area contributed by atoms with Crippen LogP contribution in [-0.4, -0.2) is 34.9 Å². The van der Waals surface area contributed by atoms with E-state index in [-0.39, 0.29) is 17.7 Å². The molecule has 4 atom stereocenters. The van der Waals surface area contributed by atoms with E-state index in [0.29, 0.717) is 19.4 Å². The number of rotatable bonds is 12. The fourth-order valence-corrected chi connectivity index (χ4v) is 3.94. The lowest BCUT2D eigenvalue weighted by atomic mass is 9.89. The molecule has 1 fully saturated rings. The van der Waals surface area contributed by atoms with Crippen molar-refractivity contribution in [3.05, 3.63) is 66.6 Å². The normalized spacial score (nSPS) is 24.5. The van der Waals surface area contributed by atoms with E-state index in [1.807, 2.05) is 19.1 Å². The quantitative estimate of drug-likeness (QED) is 0.368. The van der Waals surface area contributed by atoms with Crippen molar-refractivity contribution >= 4 is 5.91 Å².